The third-order valence-electron chi connectivity index (χ3n) is 5.69. The molecule has 2 N–H and O–H groups in total. The fraction of sp³-hybridized carbons (Fsp3) is 0.885. The molecular weight excluding hydrogens is 438 g/mol. The van der Waals surface area contributed by atoms with Crippen LogP contribution >= 0.6 is 0 Å². The first-order valence-electron chi connectivity index (χ1n) is 13.4. The van der Waals surface area contributed by atoms with Gasteiger partial charge in [-0.1, -0.05) is 51.9 Å². The number of carbonyl (C=O) groups is 3. The minimum absolute atomic E-state index is 0.120. The van der Waals surface area contributed by atoms with Crippen molar-refractivity contribution < 1.29 is 34.1 Å². The van der Waals surface area contributed by atoms with Gasteiger partial charge in [-0.3, -0.25) is 14.4 Å². The van der Waals surface area contributed by atoms with Gasteiger partial charge in [-0.2, -0.15) is 0 Å². The monoisotopic (exact) mass is 487 g/mol. The van der Waals surface area contributed by atoms with E-state index in [2.05, 4.69) is 11.8 Å². The van der Waals surface area contributed by atoms with Gasteiger partial charge >= 0.3 is 17.9 Å². The van der Waals surface area contributed by atoms with Crippen LogP contribution in [0.2, 0.25) is 0 Å². The summed E-state index contributed by atoms with van der Waals surface area (Å²) in [5.41, 5.74) is 0. The summed E-state index contributed by atoms with van der Waals surface area (Å²) in [7, 11) is 0. The summed E-state index contributed by atoms with van der Waals surface area (Å²) in [5.74, 6) is -1.25. The van der Waals surface area contributed by atoms with E-state index in [9.17, 15) is 19.5 Å². The lowest BCUT2D eigenvalue weighted by Gasteiger charge is -2.21. The van der Waals surface area contributed by atoms with Gasteiger partial charge in [-0.15, -0.1) is 0 Å². The van der Waals surface area contributed by atoms with Crippen LogP contribution in [0, 0.1) is 0 Å². The molecule has 0 spiro atoms. The van der Waals surface area contributed by atoms with E-state index < -0.39 is 5.97 Å². The van der Waals surface area contributed by atoms with E-state index in [1.807, 2.05) is 0 Å². The molecule has 0 amide bonds. The van der Waals surface area contributed by atoms with Crippen LogP contribution in [0.1, 0.15) is 110 Å². The third kappa shape index (κ3) is 23.5. The molecular formula is C26H49NO7. The number of aliphatic hydroxyl groups excluding tert-OH is 1. The van der Waals surface area contributed by atoms with E-state index >= 15 is 0 Å². The Kier molecular flexibility index (Phi) is 23.3. The van der Waals surface area contributed by atoms with Gasteiger partial charge in [0.1, 0.15) is 0 Å². The summed E-state index contributed by atoms with van der Waals surface area (Å²) in [5, 5.41) is 17.9. The highest BCUT2D eigenvalue weighted by Gasteiger charge is 2.08. The Morgan fingerprint density at radius 2 is 1.12 bits per heavy atom. The molecule has 0 radical (unpaired) electrons. The molecule has 8 heteroatoms. The molecule has 34 heavy (non-hydrogen) atoms. The number of esters is 2. The van der Waals surface area contributed by atoms with Gasteiger partial charge in [0.25, 0.3) is 0 Å². The highest BCUT2D eigenvalue weighted by Crippen LogP contribution is 2.08. The third-order valence-corrected chi connectivity index (χ3v) is 5.69. The fourth-order valence-electron chi connectivity index (χ4n) is 3.66. The van der Waals surface area contributed by atoms with Gasteiger partial charge in [0.2, 0.25) is 0 Å². The van der Waals surface area contributed by atoms with Crippen molar-refractivity contribution in [3.63, 3.8) is 0 Å². The standard InChI is InChI=1S/C26H49NO7/c1-2-3-4-8-12-22-33-25(31)16-14-17-26(32)34-23-13-11-19-27(20-21-28)18-10-7-5-6-9-15-24(29)30/h28H,2-23H2,1H3,(H,29,30). The number of ether oxygens (including phenoxy) is 2. The molecule has 0 aliphatic rings. The van der Waals surface area contributed by atoms with E-state index in [1.165, 1.54) is 19.3 Å². The molecule has 0 aromatic rings. The van der Waals surface area contributed by atoms with Crippen LogP contribution in [-0.4, -0.2) is 72.5 Å². The molecule has 0 aromatic carbocycles. The number of rotatable bonds is 25. The topological polar surface area (TPSA) is 113 Å². The van der Waals surface area contributed by atoms with Crippen LogP contribution < -0.4 is 0 Å². The van der Waals surface area contributed by atoms with Crippen molar-refractivity contribution in [2.24, 2.45) is 0 Å². The van der Waals surface area contributed by atoms with Gasteiger partial charge in [0.05, 0.1) is 19.8 Å². The summed E-state index contributed by atoms with van der Waals surface area (Å²) in [6, 6.07) is 0. The summed E-state index contributed by atoms with van der Waals surface area (Å²) in [4.78, 5) is 36.2. The Morgan fingerprint density at radius 1 is 0.618 bits per heavy atom. The summed E-state index contributed by atoms with van der Waals surface area (Å²) in [6.07, 6.45) is 13.2. The number of nitrogens with zero attached hydrogens (tertiary/aromatic N) is 1. The van der Waals surface area contributed by atoms with Crippen molar-refractivity contribution in [3.8, 4) is 0 Å². The average molecular weight is 488 g/mol. The van der Waals surface area contributed by atoms with Crippen molar-refractivity contribution in [1.29, 1.82) is 0 Å². The van der Waals surface area contributed by atoms with Crippen molar-refractivity contribution >= 4 is 17.9 Å². The maximum absolute atomic E-state index is 11.8. The first-order valence-corrected chi connectivity index (χ1v) is 13.4. The zero-order valence-corrected chi connectivity index (χ0v) is 21.4. The largest absolute Gasteiger partial charge is 0.481 e. The summed E-state index contributed by atoms with van der Waals surface area (Å²) < 4.78 is 10.4. The molecule has 0 heterocycles. The number of carbonyl (C=O) groups excluding carboxylic acids is 2. The number of hydrogen-bond acceptors (Lipinski definition) is 7. The summed E-state index contributed by atoms with van der Waals surface area (Å²) in [6.45, 7) is 5.52. The predicted molar refractivity (Wildman–Crippen MR) is 133 cm³/mol. The molecule has 0 aromatic heterocycles. The van der Waals surface area contributed by atoms with Crippen molar-refractivity contribution in [2.75, 3.05) is 39.5 Å². The first-order chi connectivity index (χ1) is 16.5. The number of carboxylic acid groups (broad SMARTS) is 1. The quantitative estimate of drug-likeness (QED) is 0.141. The predicted octanol–water partition coefficient (Wildman–Crippen LogP) is 4.71. The number of hydrogen-bond donors (Lipinski definition) is 2. The van der Waals surface area contributed by atoms with E-state index in [0.29, 0.717) is 26.2 Å². The number of aliphatic carboxylic acids is 1. The molecule has 0 atom stereocenters. The van der Waals surface area contributed by atoms with Crippen LogP contribution in [0.4, 0.5) is 0 Å². The minimum atomic E-state index is -0.733. The van der Waals surface area contributed by atoms with Crippen molar-refractivity contribution in [1.82, 2.24) is 4.90 Å². The van der Waals surface area contributed by atoms with Crippen LogP contribution in [-0.2, 0) is 23.9 Å². The number of unbranched alkanes of at least 4 members (excludes halogenated alkanes) is 9. The fourth-order valence-corrected chi connectivity index (χ4v) is 3.66. The van der Waals surface area contributed by atoms with Gasteiger partial charge in [-0.25, -0.2) is 0 Å². The van der Waals surface area contributed by atoms with Gasteiger partial charge in [-0.05, 0) is 51.6 Å². The Morgan fingerprint density at radius 3 is 1.71 bits per heavy atom. The van der Waals surface area contributed by atoms with E-state index in [1.54, 1.807) is 0 Å². The Hall–Kier alpha value is -1.67. The number of carboxylic acids is 1. The first kappa shape index (κ1) is 32.3. The van der Waals surface area contributed by atoms with E-state index in [0.717, 1.165) is 70.9 Å². The molecule has 0 fully saturated rings. The van der Waals surface area contributed by atoms with Crippen molar-refractivity contribution in [3.05, 3.63) is 0 Å². The highest BCUT2D eigenvalue weighted by molar-refractivity contribution is 5.72. The SMILES string of the molecule is CCCCCCCOC(=O)CCCC(=O)OCCCCN(CCO)CCCCCCCC(=O)O. The van der Waals surface area contributed by atoms with Crippen LogP contribution in [0.5, 0.6) is 0 Å². The normalized spacial score (nSPS) is 11.0. The molecule has 200 valence electrons. The lowest BCUT2D eigenvalue weighted by molar-refractivity contribution is -0.145. The second kappa shape index (κ2) is 24.5. The second-order valence-corrected chi connectivity index (χ2v) is 8.89. The smallest absolute Gasteiger partial charge is 0.305 e. The molecule has 0 aliphatic heterocycles. The summed E-state index contributed by atoms with van der Waals surface area (Å²) >= 11 is 0. The zero-order chi connectivity index (χ0) is 25.3. The maximum Gasteiger partial charge on any atom is 0.305 e. The van der Waals surface area contributed by atoms with E-state index in [4.69, 9.17) is 14.6 Å². The number of aliphatic hydroxyl groups is 1. The molecule has 8 nitrogen and oxygen atoms in total. The van der Waals surface area contributed by atoms with Crippen LogP contribution in [0.3, 0.4) is 0 Å². The molecule has 0 unspecified atom stereocenters. The van der Waals surface area contributed by atoms with Gasteiger partial charge < -0.3 is 24.6 Å². The Bertz CT molecular complexity index is 513. The maximum atomic E-state index is 11.8. The van der Waals surface area contributed by atoms with E-state index in [-0.39, 0.29) is 37.8 Å². The second-order valence-electron chi connectivity index (χ2n) is 8.89. The molecule has 0 saturated carbocycles. The zero-order valence-electron chi connectivity index (χ0n) is 21.4. The minimum Gasteiger partial charge on any atom is -0.481 e. The molecule has 0 aliphatic carbocycles. The molecule has 0 bridgehead atoms. The Labute approximate surface area is 206 Å². The van der Waals surface area contributed by atoms with Crippen molar-refractivity contribution in [2.45, 2.75) is 110 Å². The van der Waals surface area contributed by atoms with Gasteiger partial charge in [0, 0.05) is 25.8 Å². The van der Waals surface area contributed by atoms with Gasteiger partial charge in [0.15, 0.2) is 0 Å². The molecule has 0 rings (SSSR count). The lowest BCUT2D eigenvalue weighted by Crippen LogP contribution is -2.29. The lowest BCUT2D eigenvalue weighted by atomic mass is 10.1. The van der Waals surface area contributed by atoms with Crippen LogP contribution in [0.15, 0.2) is 0 Å². The molecule has 0 saturated heterocycles. The van der Waals surface area contributed by atoms with Crippen LogP contribution in [0.25, 0.3) is 0 Å². The Balaban J connectivity index is 3.64. The average Bonchev–Trinajstić information content (AvgIpc) is 2.80. The highest BCUT2D eigenvalue weighted by atomic mass is 16.5.